The van der Waals surface area contributed by atoms with Crippen molar-refractivity contribution < 1.29 is 4.74 Å². The van der Waals surface area contributed by atoms with Gasteiger partial charge in [-0.1, -0.05) is 38.3 Å². The molecule has 1 aliphatic carbocycles. The van der Waals surface area contributed by atoms with E-state index in [9.17, 15) is 0 Å². The summed E-state index contributed by atoms with van der Waals surface area (Å²) < 4.78 is 5.83. The van der Waals surface area contributed by atoms with E-state index in [-0.39, 0.29) is 6.04 Å². The molecule has 3 heteroatoms. The van der Waals surface area contributed by atoms with Gasteiger partial charge in [-0.05, 0) is 41.9 Å². The molecular formula is C17H24ClNO. The van der Waals surface area contributed by atoms with E-state index >= 15 is 0 Å². The minimum Gasteiger partial charge on any atom is -0.493 e. The molecule has 20 heavy (non-hydrogen) atoms. The molecule has 1 aromatic carbocycles. The Morgan fingerprint density at radius 3 is 2.90 bits per heavy atom. The van der Waals surface area contributed by atoms with Crippen molar-refractivity contribution in [1.82, 2.24) is 0 Å². The lowest BCUT2D eigenvalue weighted by Crippen LogP contribution is -2.36. The topological polar surface area (TPSA) is 35.2 Å². The van der Waals surface area contributed by atoms with Crippen LogP contribution in [0.25, 0.3) is 0 Å². The lowest BCUT2D eigenvalue weighted by Gasteiger charge is -2.42. The van der Waals surface area contributed by atoms with Crippen LogP contribution in [0.15, 0.2) is 12.1 Å². The first-order valence-electron chi connectivity index (χ1n) is 7.70. The zero-order valence-electron chi connectivity index (χ0n) is 12.4. The van der Waals surface area contributed by atoms with Crippen LogP contribution in [0.1, 0.15) is 56.7 Å². The highest BCUT2D eigenvalue weighted by molar-refractivity contribution is 6.30. The Morgan fingerprint density at radius 1 is 1.35 bits per heavy atom. The van der Waals surface area contributed by atoms with E-state index in [0.29, 0.717) is 11.3 Å². The van der Waals surface area contributed by atoms with Crippen LogP contribution >= 0.6 is 11.6 Å². The van der Waals surface area contributed by atoms with Crippen molar-refractivity contribution >= 4 is 11.6 Å². The van der Waals surface area contributed by atoms with Gasteiger partial charge in [-0.25, -0.2) is 0 Å². The van der Waals surface area contributed by atoms with Crippen LogP contribution in [0.4, 0.5) is 0 Å². The van der Waals surface area contributed by atoms with Crippen molar-refractivity contribution in [3.63, 3.8) is 0 Å². The number of hydrogen-bond donors (Lipinski definition) is 1. The first kappa shape index (κ1) is 14.2. The fraction of sp³-hybridized carbons (Fsp3) is 0.647. The third-order valence-electron chi connectivity index (χ3n) is 5.16. The maximum Gasteiger partial charge on any atom is 0.127 e. The largest absolute Gasteiger partial charge is 0.493 e. The second kappa shape index (κ2) is 5.23. The molecule has 0 bridgehead atoms. The number of halogens is 1. The van der Waals surface area contributed by atoms with Gasteiger partial charge in [0.2, 0.25) is 0 Å². The normalized spacial score (nSPS) is 25.9. The molecule has 0 amide bonds. The minimum atomic E-state index is 0.0239. The zero-order chi connectivity index (χ0) is 14.3. The molecule has 0 radical (unpaired) electrons. The number of ether oxygens (including phenoxy) is 1. The van der Waals surface area contributed by atoms with E-state index in [2.05, 4.69) is 13.8 Å². The van der Waals surface area contributed by atoms with Crippen LogP contribution in [0.3, 0.4) is 0 Å². The van der Waals surface area contributed by atoms with E-state index < -0.39 is 0 Å². The molecule has 1 heterocycles. The van der Waals surface area contributed by atoms with Crippen LogP contribution in [-0.4, -0.2) is 6.61 Å². The predicted molar refractivity (Wildman–Crippen MR) is 83.3 cm³/mol. The lowest BCUT2D eigenvalue weighted by atomic mass is 9.65. The molecule has 3 rings (SSSR count). The van der Waals surface area contributed by atoms with Crippen LogP contribution < -0.4 is 10.5 Å². The van der Waals surface area contributed by atoms with Crippen LogP contribution in [0, 0.1) is 11.3 Å². The summed E-state index contributed by atoms with van der Waals surface area (Å²) in [5, 5.41) is 0.785. The minimum absolute atomic E-state index is 0.0239. The average molecular weight is 294 g/mol. The third-order valence-corrected chi connectivity index (χ3v) is 5.38. The second-order valence-electron chi connectivity index (χ2n) is 6.95. The molecule has 0 spiro atoms. The van der Waals surface area contributed by atoms with E-state index in [0.717, 1.165) is 29.4 Å². The molecule has 1 aromatic rings. The molecule has 2 unspecified atom stereocenters. The molecule has 1 fully saturated rings. The van der Waals surface area contributed by atoms with Gasteiger partial charge in [-0.2, -0.15) is 0 Å². The van der Waals surface area contributed by atoms with E-state index in [1.807, 2.05) is 12.1 Å². The van der Waals surface area contributed by atoms with Gasteiger partial charge in [-0.3, -0.25) is 0 Å². The summed E-state index contributed by atoms with van der Waals surface area (Å²) in [5.74, 6) is 1.51. The Bertz CT molecular complexity index is 512. The van der Waals surface area contributed by atoms with Gasteiger partial charge in [0.1, 0.15) is 5.75 Å². The highest BCUT2D eigenvalue weighted by atomic mass is 35.5. The summed E-state index contributed by atoms with van der Waals surface area (Å²) in [7, 11) is 0. The number of benzene rings is 1. The molecular weight excluding hydrogens is 270 g/mol. The maximum atomic E-state index is 6.65. The zero-order valence-corrected chi connectivity index (χ0v) is 13.2. The summed E-state index contributed by atoms with van der Waals surface area (Å²) in [5.41, 5.74) is 9.28. The number of nitrogens with two attached hydrogens (primary N) is 1. The van der Waals surface area contributed by atoms with Gasteiger partial charge in [0.25, 0.3) is 0 Å². The Morgan fingerprint density at radius 2 is 2.15 bits per heavy atom. The fourth-order valence-corrected chi connectivity index (χ4v) is 4.20. The molecule has 0 saturated heterocycles. The van der Waals surface area contributed by atoms with Gasteiger partial charge >= 0.3 is 0 Å². The highest BCUT2D eigenvalue weighted by Crippen LogP contribution is 2.48. The van der Waals surface area contributed by atoms with Crippen LogP contribution in [-0.2, 0) is 6.42 Å². The number of rotatable bonds is 2. The molecule has 1 aliphatic heterocycles. The van der Waals surface area contributed by atoms with E-state index in [1.165, 1.54) is 31.2 Å². The first-order chi connectivity index (χ1) is 9.49. The number of hydrogen-bond acceptors (Lipinski definition) is 2. The van der Waals surface area contributed by atoms with Crippen molar-refractivity contribution in [3.8, 4) is 5.75 Å². The van der Waals surface area contributed by atoms with Crippen molar-refractivity contribution in [2.24, 2.45) is 17.1 Å². The van der Waals surface area contributed by atoms with Gasteiger partial charge in [0, 0.05) is 23.0 Å². The van der Waals surface area contributed by atoms with E-state index in [4.69, 9.17) is 22.1 Å². The third kappa shape index (κ3) is 2.44. The molecule has 2 nitrogen and oxygen atoms in total. The molecule has 0 aromatic heterocycles. The molecule has 2 aliphatic rings. The van der Waals surface area contributed by atoms with E-state index in [1.54, 1.807) is 0 Å². The molecule has 110 valence electrons. The van der Waals surface area contributed by atoms with Crippen molar-refractivity contribution in [2.45, 2.75) is 52.0 Å². The molecule has 2 N–H and O–H groups in total. The monoisotopic (exact) mass is 293 g/mol. The SMILES string of the molecule is CC1(C)CCCCC1C(N)c1cc(Cl)cc2c1OCC2. The van der Waals surface area contributed by atoms with Gasteiger partial charge in [0.05, 0.1) is 6.61 Å². The Hall–Kier alpha value is -0.730. The summed E-state index contributed by atoms with van der Waals surface area (Å²) in [6.45, 7) is 5.45. The summed E-state index contributed by atoms with van der Waals surface area (Å²) in [4.78, 5) is 0. The maximum absolute atomic E-state index is 6.65. The van der Waals surface area contributed by atoms with Crippen LogP contribution in [0.2, 0.25) is 5.02 Å². The quantitative estimate of drug-likeness (QED) is 0.872. The Kier molecular flexibility index (Phi) is 3.72. The number of fused-ring (bicyclic) bond motifs is 1. The second-order valence-corrected chi connectivity index (χ2v) is 7.38. The van der Waals surface area contributed by atoms with Gasteiger partial charge < -0.3 is 10.5 Å². The van der Waals surface area contributed by atoms with Gasteiger partial charge in [-0.15, -0.1) is 0 Å². The smallest absolute Gasteiger partial charge is 0.127 e. The van der Waals surface area contributed by atoms with Crippen molar-refractivity contribution in [1.29, 1.82) is 0 Å². The average Bonchev–Trinajstić information content (AvgIpc) is 2.84. The molecule has 1 saturated carbocycles. The Labute approximate surface area is 126 Å². The summed E-state index contributed by atoms with van der Waals surface area (Å²) in [6, 6.07) is 4.06. The van der Waals surface area contributed by atoms with Gasteiger partial charge in [0.15, 0.2) is 0 Å². The highest BCUT2D eigenvalue weighted by Gasteiger charge is 2.38. The lowest BCUT2D eigenvalue weighted by molar-refractivity contribution is 0.111. The van der Waals surface area contributed by atoms with Crippen LogP contribution in [0.5, 0.6) is 5.75 Å². The first-order valence-corrected chi connectivity index (χ1v) is 8.07. The fourth-order valence-electron chi connectivity index (χ4n) is 3.95. The standard InChI is InChI=1S/C17H24ClNO/c1-17(2)7-4-3-5-14(17)15(19)13-10-12(18)9-11-6-8-20-16(11)13/h9-10,14-15H,3-8,19H2,1-2H3. The summed E-state index contributed by atoms with van der Waals surface area (Å²) >= 11 is 6.27. The predicted octanol–water partition coefficient (Wildman–Crippen LogP) is 4.49. The van der Waals surface area contributed by atoms with Crippen molar-refractivity contribution in [2.75, 3.05) is 6.61 Å². The van der Waals surface area contributed by atoms with Crippen molar-refractivity contribution in [3.05, 3.63) is 28.3 Å². The Balaban J connectivity index is 1.96. The summed E-state index contributed by atoms with van der Waals surface area (Å²) in [6.07, 6.45) is 6.01. The molecule has 2 atom stereocenters.